The van der Waals surface area contributed by atoms with Gasteiger partial charge in [0.15, 0.2) is 11.5 Å². The van der Waals surface area contributed by atoms with Gasteiger partial charge in [-0.2, -0.15) is 13.2 Å². The van der Waals surface area contributed by atoms with E-state index >= 15 is 0 Å². The van der Waals surface area contributed by atoms with E-state index in [2.05, 4.69) is 14.5 Å². The van der Waals surface area contributed by atoms with E-state index in [1.54, 1.807) is 0 Å². The molecule has 0 spiro atoms. The third-order valence-electron chi connectivity index (χ3n) is 3.19. The minimum absolute atomic E-state index is 0.0701. The molecule has 1 aromatic carbocycles. The first-order valence-electron chi connectivity index (χ1n) is 7.95. The number of hydrogen-bond donors (Lipinski definition) is 1. The predicted octanol–water partition coefficient (Wildman–Crippen LogP) is 5.64. The van der Waals surface area contributed by atoms with Gasteiger partial charge in [0.25, 0.3) is 0 Å². The normalized spacial score (nSPS) is 14.1. The molecule has 0 radical (unpaired) electrons. The van der Waals surface area contributed by atoms with Crippen LogP contribution in [-0.2, 0) is 4.79 Å². The molecular weight excluding hydrogens is 411 g/mol. The Morgan fingerprint density at radius 1 is 1.18 bits per heavy atom. The van der Waals surface area contributed by atoms with Crippen LogP contribution in [-0.4, -0.2) is 23.4 Å². The fraction of sp³-hybridized carbons (Fsp3) is 0.294. The lowest BCUT2D eigenvalue weighted by Crippen LogP contribution is -2.25. The highest BCUT2D eigenvalue weighted by molar-refractivity contribution is 6.33. The number of benzene rings is 1. The van der Waals surface area contributed by atoms with Crippen molar-refractivity contribution in [1.29, 1.82) is 0 Å². The fourth-order valence-electron chi connectivity index (χ4n) is 2.19. The van der Waals surface area contributed by atoms with E-state index in [1.807, 2.05) is 19.2 Å². The second kappa shape index (κ2) is 8.17. The minimum Gasteiger partial charge on any atom is -0.395 e. The summed E-state index contributed by atoms with van der Waals surface area (Å²) in [4.78, 5) is 15.0. The topological polar surface area (TPSA) is 60.5 Å². The number of pyridine rings is 1. The van der Waals surface area contributed by atoms with Crippen LogP contribution in [0, 0.1) is 0 Å². The van der Waals surface area contributed by atoms with Gasteiger partial charge in [0.05, 0.1) is 5.02 Å². The average molecular weight is 425 g/mol. The minimum atomic E-state index is -4.63. The van der Waals surface area contributed by atoms with Gasteiger partial charge in [0.2, 0.25) is 5.91 Å². The second-order valence-electron chi connectivity index (χ2n) is 5.22. The number of ether oxygens (including phenoxy) is 2. The Kier molecular flexibility index (Phi) is 6.33. The van der Waals surface area contributed by atoms with Crippen LogP contribution < -0.4 is 14.8 Å². The number of hydrogen-bond acceptors (Lipinski definition) is 4. The highest BCUT2D eigenvalue weighted by atomic mass is 35.5. The summed E-state index contributed by atoms with van der Waals surface area (Å²) < 4.78 is 71.2. The van der Waals surface area contributed by atoms with Crippen molar-refractivity contribution >= 4 is 23.3 Å². The highest BCUT2D eigenvalue weighted by Gasteiger charge is 2.43. The van der Waals surface area contributed by atoms with Crippen molar-refractivity contribution in [3.63, 3.8) is 0 Å². The van der Waals surface area contributed by atoms with Crippen molar-refractivity contribution < 1.29 is 36.2 Å². The van der Waals surface area contributed by atoms with Gasteiger partial charge in [0, 0.05) is 23.4 Å². The van der Waals surface area contributed by atoms with Gasteiger partial charge >= 0.3 is 12.5 Å². The molecule has 152 valence electrons. The largest absolute Gasteiger partial charge is 0.586 e. The lowest BCUT2D eigenvalue weighted by atomic mass is 10.1. The smallest absolute Gasteiger partial charge is 0.395 e. The average Bonchev–Trinajstić information content (AvgIpc) is 2.88. The van der Waals surface area contributed by atoms with Gasteiger partial charge < -0.3 is 14.8 Å². The summed E-state index contributed by atoms with van der Waals surface area (Å²) in [7, 11) is 0. The van der Waals surface area contributed by atoms with E-state index in [1.165, 1.54) is 24.4 Å². The molecule has 0 fully saturated rings. The molecule has 1 aliphatic rings. The number of alkyl halides is 5. The Labute approximate surface area is 161 Å². The first-order chi connectivity index (χ1) is 13.0. The third-order valence-corrected chi connectivity index (χ3v) is 3.51. The van der Waals surface area contributed by atoms with Crippen LogP contribution >= 0.6 is 11.6 Å². The zero-order valence-electron chi connectivity index (χ0n) is 14.5. The summed E-state index contributed by atoms with van der Waals surface area (Å²) in [6.45, 7) is 4.00. The van der Waals surface area contributed by atoms with Crippen molar-refractivity contribution in [3.05, 3.63) is 35.5 Å². The van der Waals surface area contributed by atoms with Crippen molar-refractivity contribution in [2.45, 2.75) is 32.7 Å². The summed E-state index contributed by atoms with van der Waals surface area (Å²) >= 11 is 6.03. The van der Waals surface area contributed by atoms with Crippen LogP contribution in [0.1, 0.15) is 20.3 Å². The standard InChI is InChI=1S/C15H8ClF5N2O3.C2H6/c16-9-4-11-10(25-15(20,21)26-11)3-8(9)7-1-2-12(22-6-7)23-13(24)5-14(17,18)19;1-2/h1-4,6H,5H2,(H,22,23,24);1-2H3. The van der Waals surface area contributed by atoms with Crippen LogP contribution in [0.4, 0.5) is 27.8 Å². The maximum atomic E-state index is 13.1. The van der Waals surface area contributed by atoms with Crippen molar-refractivity contribution in [1.82, 2.24) is 4.98 Å². The van der Waals surface area contributed by atoms with E-state index in [-0.39, 0.29) is 27.9 Å². The number of carbonyl (C=O) groups excluding carboxylic acids is 1. The van der Waals surface area contributed by atoms with E-state index in [9.17, 15) is 26.7 Å². The van der Waals surface area contributed by atoms with Gasteiger partial charge in [-0.25, -0.2) is 4.98 Å². The molecule has 0 aliphatic carbocycles. The molecular formula is C17H14ClF5N2O3. The number of carbonyl (C=O) groups is 1. The Hall–Kier alpha value is -2.62. The molecule has 2 heterocycles. The lowest BCUT2D eigenvalue weighted by Gasteiger charge is -2.09. The molecule has 0 bridgehead atoms. The lowest BCUT2D eigenvalue weighted by molar-refractivity contribution is -0.286. The number of aromatic nitrogens is 1. The van der Waals surface area contributed by atoms with Crippen molar-refractivity contribution in [3.8, 4) is 22.6 Å². The van der Waals surface area contributed by atoms with E-state index in [0.29, 0.717) is 5.56 Å². The maximum absolute atomic E-state index is 13.1. The number of rotatable bonds is 3. The molecule has 0 saturated carbocycles. The number of nitrogens with zero attached hydrogens (tertiary/aromatic N) is 1. The second-order valence-corrected chi connectivity index (χ2v) is 5.63. The van der Waals surface area contributed by atoms with Crippen molar-refractivity contribution in [2.24, 2.45) is 0 Å². The number of nitrogens with one attached hydrogen (secondary N) is 1. The molecule has 28 heavy (non-hydrogen) atoms. The third kappa shape index (κ3) is 5.44. The monoisotopic (exact) mass is 424 g/mol. The van der Waals surface area contributed by atoms with Gasteiger partial charge in [0.1, 0.15) is 12.2 Å². The van der Waals surface area contributed by atoms with E-state index < -0.39 is 24.8 Å². The number of halogens is 6. The summed E-state index contributed by atoms with van der Waals surface area (Å²) in [6, 6.07) is 5.01. The van der Waals surface area contributed by atoms with Crippen molar-refractivity contribution in [2.75, 3.05) is 5.32 Å². The first-order valence-corrected chi connectivity index (χ1v) is 8.33. The molecule has 1 N–H and O–H groups in total. The zero-order chi connectivity index (χ0) is 21.1. The molecule has 2 aromatic rings. The number of amides is 1. The Morgan fingerprint density at radius 2 is 1.79 bits per heavy atom. The highest BCUT2D eigenvalue weighted by Crippen LogP contribution is 2.46. The van der Waals surface area contributed by atoms with Crippen LogP contribution in [0.25, 0.3) is 11.1 Å². The zero-order valence-corrected chi connectivity index (χ0v) is 15.3. The number of anilines is 1. The van der Waals surface area contributed by atoms with Crippen LogP contribution in [0.3, 0.4) is 0 Å². The van der Waals surface area contributed by atoms with E-state index in [0.717, 1.165) is 6.07 Å². The van der Waals surface area contributed by atoms with Gasteiger partial charge in [-0.05, 0) is 18.2 Å². The molecule has 11 heteroatoms. The molecule has 0 unspecified atom stereocenters. The number of fused-ring (bicyclic) bond motifs is 1. The molecule has 5 nitrogen and oxygen atoms in total. The molecule has 1 aromatic heterocycles. The molecule has 3 rings (SSSR count). The van der Waals surface area contributed by atoms with Crippen LogP contribution in [0.15, 0.2) is 30.5 Å². The molecule has 1 aliphatic heterocycles. The van der Waals surface area contributed by atoms with Gasteiger partial charge in [-0.1, -0.05) is 25.4 Å². The summed E-state index contributed by atoms with van der Waals surface area (Å²) in [5.74, 6) is -1.82. The summed E-state index contributed by atoms with van der Waals surface area (Å²) in [6.07, 6.45) is -8.86. The Bertz CT molecular complexity index is 857. The van der Waals surface area contributed by atoms with Gasteiger partial charge in [-0.3, -0.25) is 4.79 Å². The molecule has 0 atom stereocenters. The quantitative estimate of drug-likeness (QED) is 0.648. The molecule has 1 amide bonds. The summed E-state index contributed by atoms with van der Waals surface area (Å²) in [5, 5.41) is 2.07. The Balaban J connectivity index is 0.00000136. The molecule has 0 saturated heterocycles. The first kappa shape index (κ1) is 21.7. The SMILES string of the molecule is CC.O=C(CC(F)(F)F)Nc1ccc(-c2cc3c(cc2Cl)OC(F)(F)O3)cn1. The maximum Gasteiger partial charge on any atom is 0.586 e. The summed E-state index contributed by atoms with van der Waals surface area (Å²) in [5.41, 5.74) is 0.651. The van der Waals surface area contributed by atoms with E-state index in [4.69, 9.17) is 11.6 Å². The predicted molar refractivity (Wildman–Crippen MR) is 91.5 cm³/mol. The van der Waals surface area contributed by atoms with Crippen LogP contribution in [0.2, 0.25) is 5.02 Å². The Morgan fingerprint density at radius 3 is 2.32 bits per heavy atom. The van der Waals surface area contributed by atoms with Gasteiger partial charge in [-0.15, -0.1) is 8.78 Å². The van der Waals surface area contributed by atoms with Crippen LogP contribution in [0.5, 0.6) is 11.5 Å². The fourth-order valence-corrected chi connectivity index (χ4v) is 2.45.